The van der Waals surface area contributed by atoms with Gasteiger partial charge in [-0.15, -0.1) is 0 Å². The zero-order valence-electron chi connectivity index (χ0n) is 19.2. The first-order valence-corrected chi connectivity index (χ1v) is 10.8. The van der Waals surface area contributed by atoms with Crippen LogP contribution in [0.25, 0.3) is 22.2 Å². The number of hydrogen-bond donors (Lipinski definition) is 1. The number of amides is 1. The number of hydrogen-bond acceptors (Lipinski definition) is 6. The van der Waals surface area contributed by atoms with Gasteiger partial charge >= 0.3 is 5.69 Å². The number of aryl methyl sites for hydroxylation is 2. The minimum Gasteiger partial charge on any atom is -0.366 e. The minimum atomic E-state index is -0.396. The third-order valence-corrected chi connectivity index (χ3v) is 5.47. The fraction of sp³-hybridized carbons (Fsp3) is 0.115. The second-order valence-corrected chi connectivity index (χ2v) is 7.91. The fourth-order valence-electron chi connectivity index (χ4n) is 3.83. The first-order valence-electron chi connectivity index (χ1n) is 10.8. The Kier molecular flexibility index (Phi) is 6.68. The van der Waals surface area contributed by atoms with E-state index in [1.54, 1.807) is 36.7 Å². The maximum atomic E-state index is 11.4. The summed E-state index contributed by atoms with van der Waals surface area (Å²) in [6.45, 7) is 4.23. The van der Waals surface area contributed by atoms with E-state index in [-0.39, 0.29) is 11.6 Å². The number of pyridine rings is 1. The molecule has 0 aliphatic rings. The molecule has 5 rings (SSSR count). The topological polar surface area (TPSA) is 130 Å². The highest BCUT2D eigenvalue weighted by Gasteiger charge is 2.21. The molecule has 5 aromatic rings. The van der Waals surface area contributed by atoms with E-state index in [2.05, 4.69) is 10.1 Å². The van der Waals surface area contributed by atoms with Gasteiger partial charge in [0, 0.05) is 29.4 Å². The molecule has 35 heavy (non-hydrogen) atoms. The maximum Gasteiger partial charge on any atom is 0.312 e. The summed E-state index contributed by atoms with van der Waals surface area (Å²) in [5.41, 5.74) is 10.1. The highest BCUT2D eigenvalue weighted by molar-refractivity contribution is 5.92. The van der Waals surface area contributed by atoms with Gasteiger partial charge in [0.25, 0.3) is 0 Å². The molecule has 0 fully saturated rings. The lowest BCUT2D eigenvalue weighted by Crippen LogP contribution is -2.09. The highest BCUT2D eigenvalue weighted by atomic mass is 16.6. The molecule has 0 atom stereocenters. The maximum absolute atomic E-state index is 11.4. The zero-order chi connectivity index (χ0) is 24.9. The standard InChI is InChI=1S/C19H16N4O3.C7H7NO/c1-12-18(13(2)26-21-12)15-8-16-19(20-9-15)17(23(24)25)11-22(16)10-14-6-4-3-5-7-14;8-7(9)6-4-2-1-3-5-6/h3-9,11H,10H2,1-2H3;1-5H,(H2,8,9). The van der Waals surface area contributed by atoms with Crippen LogP contribution in [0.2, 0.25) is 0 Å². The van der Waals surface area contributed by atoms with E-state index in [1.807, 2.05) is 60.9 Å². The second-order valence-electron chi connectivity index (χ2n) is 7.91. The van der Waals surface area contributed by atoms with Crippen molar-refractivity contribution in [2.75, 3.05) is 0 Å². The summed E-state index contributed by atoms with van der Waals surface area (Å²) in [4.78, 5) is 25.8. The number of primary amides is 1. The van der Waals surface area contributed by atoms with E-state index in [1.165, 1.54) is 0 Å². The van der Waals surface area contributed by atoms with E-state index in [0.29, 0.717) is 28.9 Å². The monoisotopic (exact) mass is 469 g/mol. The summed E-state index contributed by atoms with van der Waals surface area (Å²) < 4.78 is 7.10. The zero-order valence-corrected chi connectivity index (χ0v) is 19.2. The van der Waals surface area contributed by atoms with Gasteiger partial charge in [-0.2, -0.15) is 0 Å². The lowest BCUT2D eigenvalue weighted by molar-refractivity contribution is -0.383. The molecule has 9 nitrogen and oxygen atoms in total. The van der Waals surface area contributed by atoms with E-state index in [9.17, 15) is 14.9 Å². The summed E-state index contributed by atoms with van der Waals surface area (Å²) in [6, 6.07) is 20.5. The van der Waals surface area contributed by atoms with Gasteiger partial charge in [0.15, 0.2) is 5.52 Å². The molecule has 0 aliphatic heterocycles. The average Bonchev–Trinajstić information content (AvgIpc) is 3.39. The van der Waals surface area contributed by atoms with Crippen molar-refractivity contribution in [1.29, 1.82) is 0 Å². The smallest absolute Gasteiger partial charge is 0.312 e. The van der Waals surface area contributed by atoms with Gasteiger partial charge in [0.05, 0.1) is 22.3 Å². The van der Waals surface area contributed by atoms with Gasteiger partial charge < -0.3 is 14.8 Å². The van der Waals surface area contributed by atoms with Gasteiger partial charge in [-0.3, -0.25) is 14.9 Å². The van der Waals surface area contributed by atoms with Crippen molar-refractivity contribution in [2.24, 2.45) is 5.73 Å². The third kappa shape index (κ3) is 5.09. The molecule has 2 aromatic carbocycles. The van der Waals surface area contributed by atoms with Crippen molar-refractivity contribution in [3.05, 3.63) is 112 Å². The van der Waals surface area contributed by atoms with Crippen LogP contribution in [0.1, 0.15) is 27.4 Å². The number of nitrogens with two attached hydrogens (primary N) is 1. The van der Waals surface area contributed by atoms with Crippen LogP contribution in [-0.2, 0) is 6.54 Å². The molecule has 0 saturated carbocycles. The number of rotatable bonds is 5. The normalized spacial score (nSPS) is 10.6. The molecule has 0 radical (unpaired) electrons. The van der Waals surface area contributed by atoms with Crippen LogP contribution in [0.4, 0.5) is 5.69 Å². The Balaban J connectivity index is 0.000000271. The predicted molar refractivity (Wildman–Crippen MR) is 132 cm³/mol. The fourth-order valence-corrected chi connectivity index (χ4v) is 3.83. The SMILES string of the molecule is Cc1noc(C)c1-c1cnc2c([N+](=O)[O-])cn(Cc3ccccc3)c2c1.NC(=O)c1ccccc1. The van der Waals surface area contributed by atoms with Crippen LogP contribution in [0.3, 0.4) is 0 Å². The Labute approximate surface area is 201 Å². The first kappa shape index (κ1) is 23.4. The molecule has 1 amide bonds. The van der Waals surface area contributed by atoms with E-state index in [4.69, 9.17) is 10.3 Å². The van der Waals surface area contributed by atoms with Gasteiger partial charge in [-0.05, 0) is 37.6 Å². The van der Waals surface area contributed by atoms with Crippen molar-refractivity contribution in [3.63, 3.8) is 0 Å². The van der Waals surface area contributed by atoms with Gasteiger partial charge in [0.1, 0.15) is 5.76 Å². The van der Waals surface area contributed by atoms with Crippen molar-refractivity contribution in [3.8, 4) is 11.1 Å². The summed E-state index contributed by atoms with van der Waals surface area (Å²) >= 11 is 0. The summed E-state index contributed by atoms with van der Waals surface area (Å²) in [5.74, 6) is 0.315. The minimum absolute atomic E-state index is 0.00115. The first-order chi connectivity index (χ1) is 16.8. The van der Waals surface area contributed by atoms with Crippen LogP contribution in [0, 0.1) is 24.0 Å². The molecule has 0 bridgehead atoms. The molecule has 3 heterocycles. The molecular weight excluding hydrogens is 446 g/mol. The number of nitro groups is 1. The van der Waals surface area contributed by atoms with Crippen LogP contribution in [0.5, 0.6) is 0 Å². The molecule has 0 saturated heterocycles. The Morgan fingerprint density at radius 3 is 2.29 bits per heavy atom. The Morgan fingerprint density at radius 2 is 1.74 bits per heavy atom. The number of nitrogens with zero attached hydrogens (tertiary/aromatic N) is 4. The molecule has 9 heteroatoms. The molecule has 176 valence electrons. The Bertz CT molecular complexity index is 1470. The summed E-state index contributed by atoms with van der Waals surface area (Å²) in [5, 5.41) is 15.4. The van der Waals surface area contributed by atoms with Crippen LogP contribution < -0.4 is 5.73 Å². The van der Waals surface area contributed by atoms with Gasteiger partial charge in [0.2, 0.25) is 5.91 Å². The molecular formula is C26H23N5O4. The largest absolute Gasteiger partial charge is 0.366 e. The molecule has 3 aromatic heterocycles. The lowest BCUT2D eigenvalue weighted by atomic mass is 10.1. The molecule has 0 unspecified atom stereocenters. The highest BCUT2D eigenvalue weighted by Crippen LogP contribution is 2.32. The van der Waals surface area contributed by atoms with Crippen molar-refractivity contribution < 1.29 is 14.2 Å². The number of benzene rings is 2. The van der Waals surface area contributed by atoms with Crippen LogP contribution >= 0.6 is 0 Å². The Hall–Kier alpha value is -4.79. The molecule has 2 N–H and O–H groups in total. The van der Waals surface area contributed by atoms with Gasteiger partial charge in [-0.1, -0.05) is 53.7 Å². The average molecular weight is 470 g/mol. The number of aromatic nitrogens is 3. The predicted octanol–water partition coefficient (Wildman–Crippen LogP) is 5.05. The quantitative estimate of drug-likeness (QED) is 0.283. The third-order valence-electron chi connectivity index (χ3n) is 5.47. The van der Waals surface area contributed by atoms with E-state index >= 15 is 0 Å². The molecule has 0 spiro atoms. The van der Waals surface area contributed by atoms with Crippen molar-refractivity contribution in [2.45, 2.75) is 20.4 Å². The second kappa shape index (κ2) is 10.0. The lowest BCUT2D eigenvalue weighted by Gasteiger charge is -2.06. The van der Waals surface area contributed by atoms with Crippen molar-refractivity contribution in [1.82, 2.24) is 14.7 Å². The van der Waals surface area contributed by atoms with Crippen LogP contribution in [0.15, 0.2) is 83.6 Å². The Morgan fingerprint density at radius 1 is 1.09 bits per heavy atom. The number of carbonyl (C=O) groups is 1. The molecule has 0 aliphatic carbocycles. The van der Waals surface area contributed by atoms with Gasteiger partial charge in [-0.25, -0.2) is 4.98 Å². The van der Waals surface area contributed by atoms with E-state index in [0.717, 1.165) is 22.4 Å². The summed E-state index contributed by atoms with van der Waals surface area (Å²) in [6.07, 6.45) is 3.18. The number of carbonyl (C=O) groups excluding carboxylic acids is 1. The van der Waals surface area contributed by atoms with Crippen molar-refractivity contribution >= 4 is 22.6 Å². The van der Waals surface area contributed by atoms with E-state index < -0.39 is 4.92 Å². The number of fused-ring (bicyclic) bond motifs is 1. The van der Waals surface area contributed by atoms with Crippen LogP contribution in [-0.4, -0.2) is 25.5 Å². The summed E-state index contributed by atoms with van der Waals surface area (Å²) in [7, 11) is 0.